The number of nitrogens with zero attached hydrogens (tertiary/aromatic N) is 4. The number of aromatic nitrogens is 4. The molecule has 0 radical (unpaired) electrons. The van der Waals surface area contributed by atoms with Gasteiger partial charge in [0.25, 0.3) is 5.89 Å². The Morgan fingerprint density at radius 2 is 2.35 bits per heavy atom. The van der Waals surface area contributed by atoms with E-state index in [0.717, 1.165) is 39.6 Å². The Bertz CT molecular complexity index is 732. The molecule has 1 aliphatic rings. The van der Waals surface area contributed by atoms with Crippen molar-refractivity contribution in [2.24, 2.45) is 7.05 Å². The third kappa shape index (κ3) is 1.77. The van der Waals surface area contributed by atoms with E-state index in [9.17, 15) is 0 Å². The van der Waals surface area contributed by atoms with E-state index in [4.69, 9.17) is 9.26 Å². The summed E-state index contributed by atoms with van der Waals surface area (Å²) in [6.07, 6.45) is 0.967. The average molecular weight is 290 g/mol. The molecule has 4 rings (SSSR count). The molecule has 104 valence electrons. The van der Waals surface area contributed by atoms with Crippen molar-refractivity contribution in [2.45, 2.75) is 19.3 Å². The third-order valence-corrected chi connectivity index (χ3v) is 4.83. The maximum absolute atomic E-state index is 5.41. The van der Waals surface area contributed by atoms with Crippen LogP contribution in [0.2, 0.25) is 0 Å². The van der Waals surface area contributed by atoms with E-state index in [1.165, 1.54) is 0 Å². The number of hydrogen-bond acceptors (Lipinski definition) is 6. The van der Waals surface area contributed by atoms with Gasteiger partial charge in [-0.25, -0.2) is 0 Å². The van der Waals surface area contributed by atoms with Crippen molar-refractivity contribution >= 4 is 21.6 Å². The van der Waals surface area contributed by atoms with Gasteiger partial charge in [0.2, 0.25) is 0 Å². The maximum Gasteiger partial charge on any atom is 0.268 e. The predicted molar refractivity (Wildman–Crippen MR) is 74.8 cm³/mol. The SMILES string of the molecule is Cc1nn(C)c2sc(-c3nc(C4CCOC4)no3)cc12. The molecule has 0 N–H and O–H groups in total. The van der Waals surface area contributed by atoms with Crippen LogP contribution in [-0.2, 0) is 11.8 Å². The second kappa shape index (κ2) is 4.39. The molecule has 3 aromatic rings. The molecular weight excluding hydrogens is 276 g/mol. The highest BCUT2D eigenvalue weighted by Gasteiger charge is 2.24. The minimum Gasteiger partial charge on any atom is -0.381 e. The third-order valence-electron chi connectivity index (χ3n) is 3.64. The molecule has 20 heavy (non-hydrogen) atoms. The van der Waals surface area contributed by atoms with Gasteiger partial charge in [-0.05, 0) is 19.4 Å². The maximum atomic E-state index is 5.41. The highest BCUT2D eigenvalue weighted by molar-refractivity contribution is 7.21. The summed E-state index contributed by atoms with van der Waals surface area (Å²) >= 11 is 1.63. The summed E-state index contributed by atoms with van der Waals surface area (Å²) in [6.45, 7) is 3.48. The van der Waals surface area contributed by atoms with Gasteiger partial charge < -0.3 is 9.26 Å². The van der Waals surface area contributed by atoms with Crippen LogP contribution < -0.4 is 0 Å². The Hall–Kier alpha value is -1.73. The first-order valence-corrected chi connectivity index (χ1v) is 7.39. The van der Waals surface area contributed by atoms with Crippen molar-refractivity contribution in [2.75, 3.05) is 13.2 Å². The molecule has 4 heterocycles. The normalized spacial score (nSPS) is 19.2. The lowest BCUT2D eigenvalue weighted by atomic mass is 10.1. The fourth-order valence-electron chi connectivity index (χ4n) is 2.55. The van der Waals surface area contributed by atoms with Gasteiger partial charge in [-0.2, -0.15) is 10.1 Å². The van der Waals surface area contributed by atoms with E-state index in [1.807, 2.05) is 18.7 Å². The Morgan fingerprint density at radius 1 is 1.45 bits per heavy atom. The average Bonchev–Trinajstić information content (AvgIpc) is 3.17. The molecular formula is C13H14N4O2S. The Morgan fingerprint density at radius 3 is 3.10 bits per heavy atom. The summed E-state index contributed by atoms with van der Waals surface area (Å²) in [5.74, 6) is 1.61. The number of rotatable bonds is 2. The molecule has 7 heteroatoms. The van der Waals surface area contributed by atoms with Crippen LogP contribution in [0.15, 0.2) is 10.6 Å². The lowest BCUT2D eigenvalue weighted by Crippen LogP contribution is -1.99. The zero-order valence-corrected chi connectivity index (χ0v) is 12.1. The minimum absolute atomic E-state index is 0.269. The molecule has 1 unspecified atom stereocenters. The number of thiophene rings is 1. The van der Waals surface area contributed by atoms with Crippen molar-refractivity contribution < 1.29 is 9.26 Å². The molecule has 1 atom stereocenters. The highest BCUT2D eigenvalue weighted by atomic mass is 32.1. The summed E-state index contributed by atoms with van der Waals surface area (Å²) in [5, 5.41) is 9.64. The van der Waals surface area contributed by atoms with Gasteiger partial charge in [-0.15, -0.1) is 11.3 Å². The molecule has 0 amide bonds. The molecule has 0 aromatic carbocycles. The lowest BCUT2D eigenvalue weighted by molar-refractivity contribution is 0.192. The second-order valence-electron chi connectivity index (χ2n) is 5.06. The molecule has 3 aromatic heterocycles. The number of aryl methyl sites for hydroxylation is 2. The van der Waals surface area contributed by atoms with Gasteiger partial charge in [-0.1, -0.05) is 5.16 Å². The van der Waals surface area contributed by atoms with E-state index in [1.54, 1.807) is 11.3 Å². The first kappa shape index (κ1) is 12.0. The second-order valence-corrected chi connectivity index (χ2v) is 6.09. The number of fused-ring (bicyclic) bond motifs is 1. The van der Waals surface area contributed by atoms with Crippen LogP contribution in [0.1, 0.15) is 23.9 Å². The minimum atomic E-state index is 0.269. The zero-order chi connectivity index (χ0) is 13.7. The number of ether oxygens (including phenoxy) is 1. The van der Waals surface area contributed by atoms with E-state index in [2.05, 4.69) is 21.3 Å². The summed E-state index contributed by atoms with van der Waals surface area (Å²) in [4.78, 5) is 6.64. The Labute approximate surface area is 119 Å². The zero-order valence-electron chi connectivity index (χ0n) is 11.3. The summed E-state index contributed by atoms with van der Waals surface area (Å²) < 4.78 is 12.7. The smallest absolute Gasteiger partial charge is 0.268 e. The van der Waals surface area contributed by atoms with Gasteiger partial charge >= 0.3 is 0 Å². The lowest BCUT2D eigenvalue weighted by Gasteiger charge is -1.97. The fraction of sp³-hybridized carbons (Fsp3) is 0.462. The molecule has 6 nitrogen and oxygen atoms in total. The van der Waals surface area contributed by atoms with Gasteiger partial charge in [0.1, 0.15) is 4.83 Å². The van der Waals surface area contributed by atoms with Crippen LogP contribution in [-0.4, -0.2) is 33.1 Å². The van der Waals surface area contributed by atoms with Gasteiger partial charge in [0.05, 0.1) is 17.2 Å². The van der Waals surface area contributed by atoms with Crippen molar-refractivity contribution in [1.82, 2.24) is 19.9 Å². The molecule has 0 aliphatic carbocycles. The largest absolute Gasteiger partial charge is 0.381 e. The van der Waals surface area contributed by atoms with Crippen molar-refractivity contribution in [3.8, 4) is 10.8 Å². The van der Waals surface area contributed by atoms with Crippen LogP contribution >= 0.6 is 11.3 Å². The van der Waals surface area contributed by atoms with Crippen molar-refractivity contribution in [3.63, 3.8) is 0 Å². The van der Waals surface area contributed by atoms with Gasteiger partial charge in [0.15, 0.2) is 5.82 Å². The van der Waals surface area contributed by atoms with Crippen LogP contribution in [0.5, 0.6) is 0 Å². The molecule has 0 bridgehead atoms. The summed E-state index contributed by atoms with van der Waals surface area (Å²) in [6, 6.07) is 2.07. The molecule has 0 saturated carbocycles. The van der Waals surface area contributed by atoms with E-state index < -0.39 is 0 Å². The van der Waals surface area contributed by atoms with Crippen LogP contribution in [0.4, 0.5) is 0 Å². The van der Waals surface area contributed by atoms with Crippen molar-refractivity contribution in [1.29, 1.82) is 0 Å². The van der Waals surface area contributed by atoms with E-state index >= 15 is 0 Å². The molecule has 1 aliphatic heterocycles. The predicted octanol–water partition coefficient (Wildman–Crippen LogP) is 2.50. The Balaban J connectivity index is 1.73. The topological polar surface area (TPSA) is 66.0 Å². The molecule has 0 spiro atoms. The van der Waals surface area contributed by atoms with Crippen molar-refractivity contribution in [3.05, 3.63) is 17.6 Å². The quantitative estimate of drug-likeness (QED) is 0.725. The van der Waals surface area contributed by atoms with E-state index in [0.29, 0.717) is 12.5 Å². The van der Waals surface area contributed by atoms with Gasteiger partial charge in [-0.3, -0.25) is 4.68 Å². The standard InChI is InChI=1S/C13H14N4O2S/c1-7-9-5-10(20-13(9)17(2)15-7)12-14-11(16-19-12)8-3-4-18-6-8/h5,8H,3-4,6H2,1-2H3. The summed E-state index contributed by atoms with van der Waals surface area (Å²) in [7, 11) is 1.95. The fourth-order valence-corrected chi connectivity index (χ4v) is 3.59. The van der Waals surface area contributed by atoms with E-state index in [-0.39, 0.29) is 5.92 Å². The molecule has 1 saturated heterocycles. The highest BCUT2D eigenvalue weighted by Crippen LogP contribution is 2.34. The van der Waals surface area contributed by atoms with Gasteiger partial charge in [0, 0.05) is 25.0 Å². The van der Waals surface area contributed by atoms with Crippen LogP contribution in [0, 0.1) is 6.92 Å². The molecule has 1 fully saturated rings. The number of hydrogen-bond donors (Lipinski definition) is 0. The van der Waals surface area contributed by atoms with Crippen LogP contribution in [0.25, 0.3) is 21.0 Å². The first-order chi connectivity index (χ1) is 9.72. The monoisotopic (exact) mass is 290 g/mol. The van der Waals surface area contributed by atoms with Crippen LogP contribution in [0.3, 0.4) is 0 Å². The first-order valence-electron chi connectivity index (χ1n) is 6.57. The Kier molecular flexibility index (Phi) is 2.64. The summed E-state index contributed by atoms with van der Waals surface area (Å²) in [5.41, 5.74) is 1.02.